The lowest BCUT2D eigenvalue weighted by molar-refractivity contribution is -0.153. The normalized spacial score (nSPS) is 34.5. The van der Waals surface area contributed by atoms with Crippen LogP contribution in [-0.4, -0.2) is 38.1 Å². The summed E-state index contributed by atoms with van der Waals surface area (Å²) in [4.78, 5) is 36.3. The maximum absolute atomic E-state index is 13.0. The van der Waals surface area contributed by atoms with Gasteiger partial charge in [-0.25, -0.2) is 4.79 Å². The molecule has 0 radical (unpaired) electrons. The molecule has 0 unspecified atom stereocenters. The van der Waals surface area contributed by atoms with E-state index in [2.05, 4.69) is 10.1 Å². The van der Waals surface area contributed by atoms with Crippen LogP contribution < -0.4 is 5.32 Å². The molecule has 1 amide bonds. The highest BCUT2D eigenvalue weighted by atomic mass is 16.5. The van der Waals surface area contributed by atoms with Crippen molar-refractivity contribution in [3.63, 3.8) is 0 Å². The number of nitrogens with one attached hydrogen (secondary N) is 1. The van der Waals surface area contributed by atoms with Crippen molar-refractivity contribution in [3.8, 4) is 0 Å². The van der Waals surface area contributed by atoms with Crippen LogP contribution in [0.5, 0.6) is 0 Å². The average molecular weight is 337 g/mol. The maximum atomic E-state index is 13.0. The van der Waals surface area contributed by atoms with Gasteiger partial charge in [0.05, 0.1) is 14.2 Å². The minimum absolute atomic E-state index is 0.0261. The third-order valence-electron chi connectivity index (χ3n) is 6.18. The molecular formula is C18H27NO5. The average Bonchev–Trinajstić information content (AvgIpc) is 2.56. The summed E-state index contributed by atoms with van der Waals surface area (Å²) >= 11 is 0. The lowest BCUT2D eigenvalue weighted by atomic mass is 9.49. The molecule has 6 heteroatoms. The van der Waals surface area contributed by atoms with E-state index in [1.807, 2.05) is 0 Å². The first kappa shape index (κ1) is 17.2. The van der Waals surface area contributed by atoms with Crippen LogP contribution in [0.1, 0.15) is 51.4 Å². The van der Waals surface area contributed by atoms with Gasteiger partial charge in [-0.15, -0.1) is 0 Å². The predicted molar refractivity (Wildman–Crippen MR) is 85.8 cm³/mol. The third kappa shape index (κ3) is 3.28. The lowest BCUT2D eigenvalue weighted by Gasteiger charge is -2.55. The highest BCUT2D eigenvalue weighted by Gasteiger charge is 2.54. The molecule has 0 aromatic heterocycles. The Hall–Kier alpha value is -1.59. The van der Waals surface area contributed by atoms with Gasteiger partial charge in [0.2, 0.25) is 5.91 Å². The van der Waals surface area contributed by atoms with Gasteiger partial charge >= 0.3 is 11.9 Å². The van der Waals surface area contributed by atoms with E-state index in [0.29, 0.717) is 17.8 Å². The Morgan fingerprint density at radius 2 is 1.54 bits per heavy atom. The van der Waals surface area contributed by atoms with Crippen LogP contribution in [0, 0.1) is 23.2 Å². The van der Waals surface area contributed by atoms with E-state index in [9.17, 15) is 14.4 Å². The molecule has 6 nitrogen and oxygen atoms in total. The molecule has 0 aromatic rings. The summed E-state index contributed by atoms with van der Waals surface area (Å²) in [7, 11) is 2.61. The van der Waals surface area contributed by atoms with Crippen LogP contribution in [0.3, 0.4) is 0 Å². The molecule has 24 heavy (non-hydrogen) atoms. The van der Waals surface area contributed by atoms with Crippen molar-refractivity contribution < 1.29 is 23.9 Å². The summed E-state index contributed by atoms with van der Waals surface area (Å²) in [5.41, 5.74) is -0.313. The summed E-state index contributed by atoms with van der Waals surface area (Å²) in [6.07, 6.45) is 6.88. The Labute approximate surface area is 142 Å². The Kier molecular flexibility index (Phi) is 4.83. The molecule has 0 saturated heterocycles. The molecular weight excluding hydrogens is 310 g/mol. The lowest BCUT2D eigenvalue weighted by Crippen LogP contribution is -2.56. The fraction of sp³-hybridized carbons (Fsp3) is 0.833. The first-order valence-electron chi connectivity index (χ1n) is 8.91. The SMILES string of the molecule is COC(=O)CC[C@@H](NC(=O)C12CC3CC(CC(C3)C1)C2)C(=O)OC. The number of carbonyl (C=O) groups is 3. The van der Waals surface area contributed by atoms with E-state index in [-0.39, 0.29) is 24.2 Å². The quantitative estimate of drug-likeness (QED) is 0.748. The number of esters is 2. The number of amides is 1. The number of hydrogen-bond donors (Lipinski definition) is 1. The molecule has 4 bridgehead atoms. The van der Waals surface area contributed by atoms with Gasteiger partial charge in [-0.2, -0.15) is 0 Å². The van der Waals surface area contributed by atoms with Gasteiger partial charge in [-0.1, -0.05) is 0 Å². The Morgan fingerprint density at radius 1 is 1.00 bits per heavy atom. The van der Waals surface area contributed by atoms with Crippen molar-refractivity contribution in [3.05, 3.63) is 0 Å². The van der Waals surface area contributed by atoms with E-state index in [1.54, 1.807) is 0 Å². The zero-order valence-electron chi connectivity index (χ0n) is 14.5. The fourth-order valence-electron chi connectivity index (χ4n) is 5.46. The molecule has 4 aliphatic rings. The van der Waals surface area contributed by atoms with Crippen molar-refractivity contribution in [2.24, 2.45) is 23.2 Å². The first-order valence-corrected chi connectivity index (χ1v) is 8.91. The van der Waals surface area contributed by atoms with Gasteiger partial charge in [-0.3, -0.25) is 9.59 Å². The third-order valence-corrected chi connectivity index (χ3v) is 6.18. The van der Waals surface area contributed by atoms with E-state index in [1.165, 1.54) is 33.5 Å². The molecule has 4 rings (SSSR count). The van der Waals surface area contributed by atoms with Gasteiger partial charge in [0, 0.05) is 11.8 Å². The van der Waals surface area contributed by atoms with Crippen molar-refractivity contribution in [2.45, 2.75) is 57.4 Å². The second-order valence-corrected chi connectivity index (χ2v) is 7.86. The smallest absolute Gasteiger partial charge is 0.328 e. The molecule has 0 spiro atoms. The molecule has 4 saturated carbocycles. The van der Waals surface area contributed by atoms with Crippen LogP contribution in [0.2, 0.25) is 0 Å². The predicted octanol–water partition coefficient (Wildman–Crippen LogP) is 1.81. The van der Waals surface area contributed by atoms with Crippen LogP contribution >= 0.6 is 0 Å². The van der Waals surface area contributed by atoms with E-state index in [4.69, 9.17) is 4.74 Å². The molecule has 0 aliphatic heterocycles. The summed E-state index contributed by atoms with van der Waals surface area (Å²) in [6.45, 7) is 0. The zero-order valence-corrected chi connectivity index (χ0v) is 14.5. The second-order valence-electron chi connectivity index (χ2n) is 7.86. The number of methoxy groups -OCH3 is 2. The van der Waals surface area contributed by atoms with Gasteiger partial charge in [0.1, 0.15) is 6.04 Å². The van der Waals surface area contributed by atoms with Crippen molar-refractivity contribution >= 4 is 17.8 Å². The maximum Gasteiger partial charge on any atom is 0.328 e. The van der Waals surface area contributed by atoms with E-state index < -0.39 is 18.0 Å². The second kappa shape index (κ2) is 6.73. The highest BCUT2D eigenvalue weighted by molar-refractivity contribution is 5.88. The zero-order chi connectivity index (χ0) is 17.3. The van der Waals surface area contributed by atoms with Gasteiger partial charge in [0.15, 0.2) is 0 Å². The Morgan fingerprint density at radius 3 is 2.00 bits per heavy atom. The van der Waals surface area contributed by atoms with E-state index >= 15 is 0 Å². The molecule has 4 aliphatic carbocycles. The van der Waals surface area contributed by atoms with Crippen LogP contribution in [-0.2, 0) is 23.9 Å². The minimum Gasteiger partial charge on any atom is -0.469 e. The van der Waals surface area contributed by atoms with Crippen LogP contribution in [0.25, 0.3) is 0 Å². The van der Waals surface area contributed by atoms with E-state index in [0.717, 1.165) is 19.3 Å². The molecule has 0 aromatic carbocycles. The Bertz CT molecular complexity index is 494. The van der Waals surface area contributed by atoms with Gasteiger partial charge < -0.3 is 14.8 Å². The number of hydrogen-bond acceptors (Lipinski definition) is 5. The summed E-state index contributed by atoms with van der Waals surface area (Å²) < 4.78 is 9.41. The highest BCUT2D eigenvalue weighted by Crippen LogP contribution is 2.60. The topological polar surface area (TPSA) is 81.7 Å². The van der Waals surface area contributed by atoms with Crippen molar-refractivity contribution in [1.29, 1.82) is 0 Å². The molecule has 4 fully saturated rings. The standard InChI is InChI=1S/C18H27NO5/c1-23-15(20)4-3-14(16(21)24-2)19-17(22)18-8-11-5-12(9-18)7-13(6-11)10-18/h11-14H,3-10H2,1-2H3,(H,19,22)/t11?,12?,13?,14-,18?/m1/s1. The van der Waals surface area contributed by atoms with Crippen molar-refractivity contribution in [2.75, 3.05) is 14.2 Å². The monoisotopic (exact) mass is 337 g/mol. The number of carbonyl (C=O) groups excluding carboxylic acids is 3. The van der Waals surface area contributed by atoms with Gasteiger partial charge in [-0.05, 0) is 62.7 Å². The van der Waals surface area contributed by atoms with Crippen LogP contribution in [0.4, 0.5) is 0 Å². The number of ether oxygens (including phenoxy) is 2. The van der Waals surface area contributed by atoms with Crippen LogP contribution in [0.15, 0.2) is 0 Å². The molecule has 1 atom stereocenters. The largest absolute Gasteiger partial charge is 0.469 e. The minimum atomic E-state index is -0.783. The fourth-order valence-corrected chi connectivity index (χ4v) is 5.46. The molecule has 1 N–H and O–H groups in total. The molecule has 0 heterocycles. The Balaban J connectivity index is 1.66. The first-order chi connectivity index (χ1) is 11.5. The summed E-state index contributed by atoms with van der Waals surface area (Å²) in [6, 6.07) is -0.783. The summed E-state index contributed by atoms with van der Waals surface area (Å²) in [5, 5.41) is 2.88. The summed E-state index contributed by atoms with van der Waals surface area (Å²) in [5.74, 6) is 1.06. The van der Waals surface area contributed by atoms with Crippen molar-refractivity contribution in [1.82, 2.24) is 5.32 Å². The number of rotatable bonds is 6. The van der Waals surface area contributed by atoms with Gasteiger partial charge in [0.25, 0.3) is 0 Å². The molecule has 134 valence electrons.